The number of benzene rings is 2. The van der Waals surface area contributed by atoms with Gasteiger partial charge in [0.15, 0.2) is 0 Å². The first-order valence-corrected chi connectivity index (χ1v) is 14.2. The molecule has 2 aliphatic rings. The first kappa shape index (κ1) is 25.7. The number of piperazine rings is 1. The van der Waals surface area contributed by atoms with Gasteiger partial charge >= 0.3 is 0 Å². The number of nitrogens with zero attached hydrogens (tertiary/aromatic N) is 3. The van der Waals surface area contributed by atoms with Gasteiger partial charge in [0, 0.05) is 45.0 Å². The lowest BCUT2D eigenvalue weighted by Gasteiger charge is -2.36. The van der Waals surface area contributed by atoms with Crippen LogP contribution in [0.2, 0.25) is 0 Å². The molecule has 0 aromatic heterocycles. The molecule has 1 atom stereocenters. The second kappa shape index (κ2) is 11.5. The monoisotopic (exact) mass is 498 g/mol. The van der Waals surface area contributed by atoms with E-state index in [9.17, 15) is 13.2 Å². The number of hydrogen-bond donors (Lipinski definition) is 1. The minimum atomic E-state index is -3.66. The van der Waals surface area contributed by atoms with Crippen LogP contribution in [-0.4, -0.2) is 75.4 Å². The summed E-state index contributed by atoms with van der Waals surface area (Å²) >= 11 is 0. The summed E-state index contributed by atoms with van der Waals surface area (Å²) in [6.45, 7) is 10.2. The first-order chi connectivity index (χ1) is 16.8. The third-order valence-corrected chi connectivity index (χ3v) is 9.00. The number of aryl methyl sites for hydroxylation is 2. The predicted octanol–water partition coefficient (Wildman–Crippen LogP) is 3.18. The third-order valence-electron chi connectivity index (χ3n) is 7.07. The molecule has 35 heavy (non-hydrogen) atoms. The van der Waals surface area contributed by atoms with Crippen molar-refractivity contribution in [1.29, 1.82) is 0 Å². The molecule has 0 aliphatic carbocycles. The van der Waals surface area contributed by atoms with Gasteiger partial charge in [-0.25, -0.2) is 8.42 Å². The van der Waals surface area contributed by atoms with Crippen molar-refractivity contribution in [1.82, 2.24) is 14.5 Å². The van der Waals surface area contributed by atoms with Crippen molar-refractivity contribution in [2.45, 2.75) is 50.5 Å². The largest absolute Gasteiger partial charge is 0.369 e. The highest BCUT2D eigenvalue weighted by molar-refractivity contribution is 7.89. The molecule has 0 bridgehead atoms. The zero-order chi connectivity index (χ0) is 24.8. The van der Waals surface area contributed by atoms with E-state index in [0.717, 1.165) is 51.1 Å². The van der Waals surface area contributed by atoms with Gasteiger partial charge in [-0.2, -0.15) is 4.31 Å². The van der Waals surface area contributed by atoms with Crippen molar-refractivity contribution in [3.05, 3.63) is 59.7 Å². The lowest BCUT2D eigenvalue weighted by Crippen LogP contribution is -2.47. The Balaban J connectivity index is 1.17. The molecule has 8 heteroatoms. The Morgan fingerprint density at radius 2 is 1.69 bits per heavy atom. The van der Waals surface area contributed by atoms with Crippen LogP contribution in [-0.2, 0) is 14.8 Å². The van der Waals surface area contributed by atoms with Crippen molar-refractivity contribution in [2.24, 2.45) is 0 Å². The van der Waals surface area contributed by atoms with Crippen LogP contribution in [0, 0.1) is 13.8 Å². The number of amides is 1. The molecule has 2 heterocycles. The van der Waals surface area contributed by atoms with E-state index in [1.54, 1.807) is 24.3 Å². The van der Waals surface area contributed by atoms with Gasteiger partial charge in [0.05, 0.1) is 4.90 Å². The molecule has 4 rings (SSSR count). The average Bonchev–Trinajstić information content (AvgIpc) is 3.36. The minimum Gasteiger partial charge on any atom is -0.369 e. The Morgan fingerprint density at radius 1 is 0.943 bits per heavy atom. The standard InChI is InChI=1S/C27H38N4O3S/c1-22-10-12-25(13-11-22)35(33,34)31-16-6-9-26(31)27(32)28-14-3-4-15-29-17-19-30(20-18-29)24-8-5-7-23(2)21-24/h5,7-8,10-13,21,26H,3-4,6,9,14-20H2,1-2H3,(H,28,32)/t26-/m0/s1. The topological polar surface area (TPSA) is 73.0 Å². The van der Waals surface area contributed by atoms with Gasteiger partial charge in [-0.1, -0.05) is 29.8 Å². The van der Waals surface area contributed by atoms with Crippen molar-refractivity contribution >= 4 is 21.6 Å². The van der Waals surface area contributed by atoms with Gasteiger partial charge in [0.25, 0.3) is 0 Å². The zero-order valence-electron chi connectivity index (χ0n) is 20.9. The zero-order valence-corrected chi connectivity index (χ0v) is 21.8. The van der Waals surface area contributed by atoms with Crippen molar-refractivity contribution < 1.29 is 13.2 Å². The molecule has 0 radical (unpaired) electrons. The smallest absolute Gasteiger partial charge is 0.243 e. The summed E-state index contributed by atoms with van der Waals surface area (Å²) < 4.78 is 27.5. The molecule has 0 unspecified atom stereocenters. The SMILES string of the molecule is Cc1ccc(S(=O)(=O)N2CCC[C@H]2C(=O)NCCCCN2CCN(c3cccc(C)c3)CC2)cc1. The number of rotatable bonds is 9. The molecular weight excluding hydrogens is 460 g/mol. The molecule has 2 aromatic rings. The predicted molar refractivity (Wildman–Crippen MR) is 140 cm³/mol. The summed E-state index contributed by atoms with van der Waals surface area (Å²) in [6, 6.07) is 14.9. The molecule has 1 N–H and O–H groups in total. The van der Waals surface area contributed by atoms with Gasteiger partial charge in [-0.05, 0) is 75.9 Å². The highest BCUT2D eigenvalue weighted by atomic mass is 32.2. The van der Waals surface area contributed by atoms with Gasteiger partial charge in [0.2, 0.25) is 15.9 Å². The van der Waals surface area contributed by atoms with Crippen LogP contribution in [0.1, 0.15) is 36.8 Å². The van der Waals surface area contributed by atoms with Crippen molar-refractivity contribution in [3.8, 4) is 0 Å². The Morgan fingerprint density at radius 3 is 2.40 bits per heavy atom. The Hall–Kier alpha value is -2.42. The van der Waals surface area contributed by atoms with E-state index in [1.807, 2.05) is 6.92 Å². The number of hydrogen-bond acceptors (Lipinski definition) is 5. The highest BCUT2D eigenvalue weighted by Crippen LogP contribution is 2.26. The van der Waals surface area contributed by atoms with Crippen LogP contribution in [0.4, 0.5) is 5.69 Å². The van der Waals surface area contributed by atoms with Gasteiger partial charge < -0.3 is 10.2 Å². The maximum absolute atomic E-state index is 13.1. The quantitative estimate of drug-likeness (QED) is 0.538. The van der Waals surface area contributed by atoms with E-state index in [2.05, 4.69) is 46.3 Å². The van der Waals surface area contributed by atoms with Gasteiger partial charge in [-0.3, -0.25) is 9.69 Å². The van der Waals surface area contributed by atoms with Crippen LogP contribution in [0.5, 0.6) is 0 Å². The average molecular weight is 499 g/mol. The molecular formula is C27H38N4O3S. The van der Waals surface area contributed by atoms with E-state index in [0.29, 0.717) is 25.9 Å². The minimum absolute atomic E-state index is 0.176. The summed E-state index contributed by atoms with van der Waals surface area (Å²) in [6.07, 6.45) is 3.18. The second-order valence-corrected chi connectivity index (χ2v) is 11.6. The number of unbranched alkanes of at least 4 members (excludes halogenated alkanes) is 1. The summed E-state index contributed by atoms with van der Waals surface area (Å²) in [5.74, 6) is -0.176. The molecule has 2 saturated heterocycles. The van der Waals surface area contributed by atoms with Crippen molar-refractivity contribution in [3.63, 3.8) is 0 Å². The Kier molecular flexibility index (Phi) is 8.46. The van der Waals surface area contributed by atoms with Crippen LogP contribution < -0.4 is 10.2 Å². The molecule has 1 amide bonds. The fourth-order valence-corrected chi connectivity index (χ4v) is 6.64. The maximum Gasteiger partial charge on any atom is 0.243 e. The number of carbonyl (C=O) groups excluding carboxylic acids is 1. The number of carbonyl (C=O) groups is 1. The molecule has 2 fully saturated rings. The molecule has 0 spiro atoms. The molecule has 2 aliphatic heterocycles. The van der Waals surface area contributed by atoms with E-state index in [-0.39, 0.29) is 10.8 Å². The Bertz CT molecular complexity index is 1100. The molecule has 7 nitrogen and oxygen atoms in total. The van der Waals surface area contributed by atoms with E-state index in [1.165, 1.54) is 15.6 Å². The summed E-state index contributed by atoms with van der Waals surface area (Å²) in [5.41, 5.74) is 3.60. The lowest BCUT2D eigenvalue weighted by molar-refractivity contribution is -0.124. The molecule has 0 saturated carbocycles. The van der Waals surface area contributed by atoms with Crippen LogP contribution in [0.25, 0.3) is 0 Å². The van der Waals surface area contributed by atoms with Crippen LogP contribution >= 0.6 is 0 Å². The molecule has 190 valence electrons. The highest BCUT2D eigenvalue weighted by Gasteiger charge is 2.39. The number of nitrogens with one attached hydrogen (secondary N) is 1. The summed E-state index contributed by atoms with van der Waals surface area (Å²) in [7, 11) is -3.66. The van der Waals surface area contributed by atoms with E-state index < -0.39 is 16.1 Å². The van der Waals surface area contributed by atoms with Gasteiger partial charge in [0.1, 0.15) is 6.04 Å². The normalized spacial score (nSPS) is 19.7. The van der Waals surface area contributed by atoms with Crippen LogP contribution in [0.3, 0.4) is 0 Å². The first-order valence-electron chi connectivity index (χ1n) is 12.7. The Labute approximate surface area is 210 Å². The fraction of sp³-hybridized carbons (Fsp3) is 0.519. The second-order valence-electron chi connectivity index (χ2n) is 9.75. The third kappa shape index (κ3) is 6.42. The summed E-state index contributed by atoms with van der Waals surface area (Å²) in [5, 5.41) is 2.99. The maximum atomic E-state index is 13.1. The number of anilines is 1. The van der Waals surface area contributed by atoms with Crippen molar-refractivity contribution in [2.75, 3.05) is 50.7 Å². The van der Waals surface area contributed by atoms with E-state index >= 15 is 0 Å². The van der Waals surface area contributed by atoms with E-state index in [4.69, 9.17) is 0 Å². The fourth-order valence-electron chi connectivity index (χ4n) is 4.98. The van der Waals surface area contributed by atoms with Gasteiger partial charge in [-0.15, -0.1) is 0 Å². The lowest BCUT2D eigenvalue weighted by atomic mass is 10.2. The summed E-state index contributed by atoms with van der Waals surface area (Å²) in [4.78, 5) is 18.0. The number of sulfonamides is 1. The molecule has 2 aromatic carbocycles. The van der Waals surface area contributed by atoms with Crippen LogP contribution in [0.15, 0.2) is 53.4 Å².